The first-order valence-corrected chi connectivity index (χ1v) is 11.7. The molecule has 2 heterocycles. The lowest BCUT2D eigenvalue weighted by Crippen LogP contribution is -2.60. The highest BCUT2D eigenvalue weighted by Crippen LogP contribution is 2.59. The Labute approximate surface area is 168 Å². The first-order chi connectivity index (χ1) is 13.4. The number of sulfonamides is 1. The Bertz CT molecular complexity index is 767. The zero-order chi connectivity index (χ0) is 21.6. The van der Waals surface area contributed by atoms with E-state index < -0.39 is 38.7 Å². The van der Waals surface area contributed by atoms with Crippen molar-refractivity contribution in [3.05, 3.63) is 0 Å². The third kappa shape index (κ3) is 4.12. The standard InChI is InChI=1S/C18H28F3N3O4S/c1-2-4-14(29(22,27)28)15(25)23-10-6-13-12(11-23)5-3-9-24(13)16(26)17(7-8-17)18(19,20)21/h12-14H,2-11H2,1H3,(H2,22,27,28)/t12-,13+,14?/m0/s1. The average Bonchev–Trinajstić information content (AvgIpc) is 3.45. The molecule has 2 saturated heterocycles. The molecule has 29 heavy (non-hydrogen) atoms. The minimum Gasteiger partial charge on any atom is -0.341 e. The molecular formula is C18H28F3N3O4S. The molecule has 2 aliphatic heterocycles. The highest BCUT2D eigenvalue weighted by Gasteiger charge is 2.70. The number of fused-ring (bicyclic) bond motifs is 1. The first-order valence-electron chi connectivity index (χ1n) is 10.1. The number of nitrogens with zero attached hydrogens (tertiary/aromatic N) is 2. The molecule has 0 aromatic heterocycles. The quantitative estimate of drug-likeness (QED) is 0.704. The van der Waals surface area contributed by atoms with E-state index in [0.717, 1.165) is 0 Å². The van der Waals surface area contributed by atoms with Crippen molar-refractivity contribution in [1.29, 1.82) is 0 Å². The Balaban J connectivity index is 1.72. The van der Waals surface area contributed by atoms with E-state index in [9.17, 15) is 31.2 Å². The summed E-state index contributed by atoms with van der Waals surface area (Å²) in [7, 11) is -4.04. The van der Waals surface area contributed by atoms with E-state index >= 15 is 0 Å². The monoisotopic (exact) mass is 439 g/mol. The number of hydrogen-bond donors (Lipinski definition) is 1. The third-order valence-corrected chi connectivity index (χ3v) is 7.80. The smallest absolute Gasteiger partial charge is 0.341 e. The Morgan fingerprint density at radius 2 is 1.86 bits per heavy atom. The maximum Gasteiger partial charge on any atom is 0.403 e. The van der Waals surface area contributed by atoms with Gasteiger partial charge in [0, 0.05) is 25.7 Å². The van der Waals surface area contributed by atoms with Gasteiger partial charge in [-0.25, -0.2) is 13.6 Å². The Morgan fingerprint density at radius 3 is 2.38 bits per heavy atom. The van der Waals surface area contributed by atoms with Crippen molar-refractivity contribution in [2.24, 2.45) is 16.5 Å². The van der Waals surface area contributed by atoms with Gasteiger partial charge in [0.15, 0.2) is 5.25 Å². The zero-order valence-corrected chi connectivity index (χ0v) is 17.3. The number of piperidine rings is 2. The molecular weight excluding hydrogens is 411 g/mol. The van der Waals surface area contributed by atoms with Crippen LogP contribution in [0.1, 0.15) is 51.9 Å². The second-order valence-electron chi connectivity index (χ2n) is 8.49. The van der Waals surface area contributed by atoms with Crippen LogP contribution in [0.3, 0.4) is 0 Å². The van der Waals surface area contributed by atoms with Crippen molar-refractivity contribution in [3.63, 3.8) is 0 Å². The number of alkyl halides is 3. The van der Waals surface area contributed by atoms with Crippen LogP contribution in [-0.4, -0.2) is 67.1 Å². The minimum atomic E-state index is -4.55. The predicted molar refractivity (Wildman–Crippen MR) is 98.9 cm³/mol. The molecule has 1 aliphatic carbocycles. The molecule has 166 valence electrons. The van der Waals surface area contributed by atoms with Gasteiger partial charge in [-0.3, -0.25) is 9.59 Å². The van der Waals surface area contributed by atoms with Crippen molar-refractivity contribution in [2.45, 2.75) is 69.3 Å². The molecule has 0 radical (unpaired) electrons. The minimum absolute atomic E-state index is 0.126. The SMILES string of the molecule is CCCC(C(=O)N1CC[C@@H]2[C@@H](CCCN2C(=O)C2(C(F)(F)F)CC2)C1)S(N)(=O)=O. The summed E-state index contributed by atoms with van der Waals surface area (Å²) in [6.07, 6.45) is -2.67. The lowest BCUT2D eigenvalue weighted by molar-refractivity contribution is -0.201. The van der Waals surface area contributed by atoms with Crippen LogP contribution in [0.5, 0.6) is 0 Å². The van der Waals surface area contributed by atoms with Crippen LogP contribution in [0, 0.1) is 11.3 Å². The van der Waals surface area contributed by atoms with E-state index in [0.29, 0.717) is 32.2 Å². The number of carbonyl (C=O) groups excluding carboxylic acids is 2. The number of primary sulfonamides is 1. The van der Waals surface area contributed by atoms with Gasteiger partial charge in [0.25, 0.3) is 0 Å². The van der Waals surface area contributed by atoms with E-state index in [1.807, 2.05) is 0 Å². The van der Waals surface area contributed by atoms with E-state index in [1.54, 1.807) is 6.92 Å². The van der Waals surface area contributed by atoms with Crippen LogP contribution in [0.4, 0.5) is 13.2 Å². The van der Waals surface area contributed by atoms with E-state index in [-0.39, 0.29) is 44.3 Å². The van der Waals surface area contributed by atoms with Gasteiger partial charge < -0.3 is 9.80 Å². The zero-order valence-electron chi connectivity index (χ0n) is 16.5. The number of amides is 2. The van der Waals surface area contributed by atoms with E-state index in [4.69, 9.17) is 5.14 Å². The molecule has 3 atom stereocenters. The van der Waals surface area contributed by atoms with Crippen LogP contribution in [0.25, 0.3) is 0 Å². The predicted octanol–water partition coefficient (Wildman–Crippen LogP) is 1.63. The Morgan fingerprint density at radius 1 is 1.21 bits per heavy atom. The maximum atomic E-state index is 13.4. The van der Waals surface area contributed by atoms with Crippen LogP contribution in [0.2, 0.25) is 0 Å². The molecule has 0 aromatic rings. The number of likely N-dealkylation sites (tertiary alicyclic amines) is 2. The molecule has 0 spiro atoms. The normalized spacial score (nSPS) is 27.9. The summed E-state index contributed by atoms with van der Waals surface area (Å²) >= 11 is 0. The lowest BCUT2D eigenvalue weighted by Gasteiger charge is -2.48. The van der Waals surface area contributed by atoms with Gasteiger partial charge in [-0.1, -0.05) is 13.3 Å². The van der Waals surface area contributed by atoms with Crippen molar-refractivity contribution < 1.29 is 31.2 Å². The van der Waals surface area contributed by atoms with Crippen LogP contribution < -0.4 is 5.14 Å². The fraction of sp³-hybridized carbons (Fsp3) is 0.889. The number of rotatable bonds is 5. The number of nitrogens with two attached hydrogens (primary N) is 1. The summed E-state index contributed by atoms with van der Waals surface area (Å²) in [5.41, 5.74) is -2.23. The molecule has 3 rings (SSSR count). The van der Waals surface area contributed by atoms with Crippen molar-refractivity contribution in [2.75, 3.05) is 19.6 Å². The number of carbonyl (C=O) groups is 2. The van der Waals surface area contributed by atoms with Crippen LogP contribution in [-0.2, 0) is 19.6 Å². The molecule has 1 saturated carbocycles. The van der Waals surface area contributed by atoms with Crippen molar-refractivity contribution >= 4 is 21.8 Å². The van der Waals surface area contributed by atoms with Gasteiger partial charge in [0.1, 0.15) is 5.41 Å². The molecule has 2 amide bonds. The summed E-state index contributed by atoms with van der Waals surface area (Å²) < 4.78 is 63.8. The fourth-order valence-electron chi connectivity index (χ4n) is 4.77. The summed E-state index contributed by atoms with van der Waals surface area (Å²) in [6, 6.07) is -0.348. The molecule has 0 bridgehead atoms. The van der Waals surface area contributed by atoms with Gasteiger partial charge in [-0.05, 0) is 44.4 Å². The van der Waals surface area contributed by atoms with Crippen LogP contribution >= 0.6 is 0 Å². The van der Waals surface area contributed by atoms with Gasteiger partial charge in [0.2, 0.25) is 21.8 Å². The molecule has 1 unspecified atom stereocenters. The van der Waals surface area contributed by atoms with Gasteiger partial charge in [-0.2, -0.15) is 13.2 Å². The second kappa shape index (κ2) is 7.72. The second-order valence-corrected chi connectivity index (χ2v) is 10.2. The third-order valence-electron chi connectivity index (χ3n) is 6.57. The molecule has 7 nitrogen and oxygen atoms in total. The molecule has 2 N–H and O–H groups in total. The lowest BCUT2D eigenvalue weighted by atomic mass is 9.82. The maximum absolute atomic E-state index is 13.4. The molecule has 3 fully saturated rings. The Kier molecular flexibility index (Phi) is 5.94. The topological polar surface area (TPSA) is 101 Å². The number of hydrogen-bond acceptors (Lipinski definition) is 4. The Hall–Kier alpha value is -1.36. The fourth-order valence-corrected chi connectivity index (χ4v) is 5.76. The van der Waals surface area contributed by atoms with Gasteiger partial charge >= 0.3 is 6.18 Å². The molecule has 0 aromatic carbocycles. The van der Waals surface area contributed by atoms with Crippen molar-refractivity contribution in [3.8, 4) is 0 Å². The first kappa shape index (κ1) is 22.3. The van der Waals surface area contributed by atoms with Crippen LogP contribution in [0.15, 0.2) is 0 Å². The average molecular weight is 440 g/mol. The summed E-state index contributed by atoms with van der Waals surface area (Å²) in [5, 5.41) is 3.93. The highest BCUT2D eigenvalue weighted by molar-refractivity contribution is 7.90. The summed E-state index contributed by atoms with van der Waals surface area (Å²) in [4.78, 5) is 28.3. The van der Waals surface area contributed by atoms with E-state index in [2.05, 4.69) is 0 Å². The van der Waals surface area contributed by atoms with Gasteiger partial charge in [0.05, 0.1) is 0 Å². The van der Waals surface area contributed by atoms with Crippen molar-refractivity contribution in [1.82, 2.24) is 9.80 Å². The number of halogens is 3. The largest absolute Gasteiger partial charge is 0.403 e. The van der Waals surface area contributed by atoms with Gasteiger partial charge in [-0.15, -0.1) is 0 Å². The summed E-state index contributed by atoms with van der Waals surface area (Å²) in [6.45, 7) is 2.50. The van der Waals surface area contributed by atoms with E-state index in [1.165, 1.54) is 9.80 Å². The highest BCUT2D eigenvalue weighted by atomic mass is 32.2. The molecule has 11 heteroatoms. The molecule has 3 aliphatic rings. The summed E-state index contributed by atoms with van der Waals surface area (Å²) in [5.74, 6) is -1.55.